The highest BCUT2D eigenvalue weighted by Gasteiger charge is 2.36. The van der Waals surface area contributed by atoms with E-state index in [-0.39, 0.29) is 6.03 Å². The van der Waals surface area contributed by atoms with Crippen molar-refractivity contribution >= 4 is 11.7 Å². The Bertz CT molecular complexity index is 465. The molecule has 2 fully saturated rings. The van der Waals surface area contributed by atoms with Gasteiger partial charge in [0.25, 0.3) is 0 Å². The van der Waals surface area contributed by atoms with Crippen molar-refractivity contribution in [2.75, 3.05) is 18.4 Å². The van der Waals surface area contributed by atoms with E-state index < -0.39 is 5.95 Å². The van der Waals surface area contributed by atoms with Crippen LogP contribution in [-0.2, 0) is 0 Å². The summed E-state index contributed by atoms with van der Waals surface area (Å²) in [6, 6.07) is 2.67. The zero-order valence-electron chi connectivity index (χ0n) is 11.5. The van der Waals surface area contributed by atoms with E-state index in [0.29, 0.717) is 11.6 Å². The van der Waals surface area contributed by atoms with Crippen molar-refractivity contribution in [3.63, 3.8) is 0 Å². The van der Waals surface area contributed by atoms with Crippen LogP contribution in [0.4, 0.5) is 14.9 Å². The first kappa shape index (κ1) is 13.3. The third-order valence-corrected chi connectivity index (χ3v) is 4.49. The molecule has 0 bridgehead atoms. The van der Waals surface area contributed by atoms with Crippen LogP contribution in [0.5, 0.6) is 0 Å². The van der Waals surface area contributed by atoms with Crippen LogP contribution in [-0.4, -0.2) is 29.0 Å². The number of nitrogens with one attached hydrogen (secondary N) is 1. The van der Waals surface area contributed by atoms with Crippen molar-refractivity contribution in [1.82, 2.24) is 9.88 Å². The van der Waals surface area contributed by atoms with Crippen LogP contribution in [0.1, 0.15) is 32.1 Å². The van der Waals surface area contributed by atoms with Crippen molar-refractivity contribution in [3.05, 3.63) is 24.3 Å². The number of carbonyl (C=O) groups is 1. The highest BCUT2D eigenvalue weighted by Crippen LogP contribution is 2.35. The lowest BCUT2D eigenvalue weighted by atomic mass is 9.76. The van der Waals surface area contributed by atoms with Gasteiger partial charge in [0.15, 0.2) is 0 Å². The van der Waals surface area contributed by atoms with Crippen molar-refractivity contribution in [2.45, 2.75) is 32.1 Å². The number of amides is 2. The van der Waals surface area contributed by atoms with Crippen LogP contribution in [0, 0.1) is 17.8 Å². The number of halogens is 1. The zero-order chi connectivity index (χ0) is 13.9. The van der Waals surface area contributed by atoms with Crippen LogP contribution in [0.3, 0.4) is 0 Å². The molecule has 0 atom stereocenters. The van der Waals surface area contributed by atoms with Crippen molar-refractivity contribution < 1.29 is 9.18 Å². The summed E-state index contributed by atoms with van der Waals surface area (Å²) < 4.78 is 12.7. The van der Waals surface area contributed by atoms with Gasteiger partial charge in [-0.1, -0.05) is 32.1 Å². The number of urea groups is 1. The standard InChI is InChI=1S/C15H20FN3O/c16-14-7-6-13(8-17-14)18-15(20)19-9-12(10-19)11-4-2-1-3-5-11/h6-8,11-12H,1-5,9-10H2,(H,18,20). The number of anilines is 1. The van der Waals surface area contributed by atoms with Gasteiger partial charge >= 0.3 is 6.03 Å². The minimum atomic E-state index is -0.538. The molecule has 2 amide bonds. The van der Waals surface area contributed by atoms with Gasteiger partial charge in [0, 0.05) is 13.1 Å². The molecule has 1 aliphatic carbocycles. The average molecular weight is 277 g/mol. The summed E-state index contributed by atoms with van der Waals surface area (Å²) in [6.45, 7) is 1.70. The lowest BCUT2D eigenvalue weighted by Crippen LogP contribution is -2.54. The lowest BCUT2D eigenvalue weighted by Gasteiger charge is -2.44. The normalized spacial score (nSPS) is 20.6. The number of pyridine rings is 1. The first-order valence-electron chi connectivity index (χ1n) is 7.40. The van der Waals surface area contributed by atoms with E-state index >= 15 is 0 Å². The van der Waals surface area contributed by atoms with Gasteiger partial charge in [0.1, 0.15) is 0 Å². The van der Waals surface area contributed by atoms with Crippen LogP contribution in [0.25, 0.3) is 0 Å². The van der Waals surface area contributed by atoms with Crippen LogP contribution in [0.2, 0.25) is 0 Å². The maximum atomic E-state index is 12.7. The van der Waals surface area contributed by atoms with Gasteiger partial charge in [-0.05, 0) is 24.0 Å². The first-order valence-corrected chi connectivity index (χ1v) is 7.40. The van der Waals surface area contributed by atoms with Gasteiger partial charge in [-0.25, -0.2) is 9.78 Å². The molecule has 0 aromatic carbocycles. The number of hydrogen-bond acceptors (Lipinski definition) is 2. The highest BCUT2D eigenvalue weighted by atomic mass is 19.1. The van der Waals surface area contributed by atoms with E-state index in [1.54, 1.807) is 0 Å². The van der Waals surface area contributed by atoms with Gasteiger partial charge in [-0.15, -0.1) is 0 Å². The Morgan fingerprint density at radius 3 is 2.60 bits per heavy atom. The van der Waals surface area contributed by atoms with E-state index in [9.17, 15) is 9.18 Å². The Morgan fingerprint density at radius 1 is 1.20 bits per heavy atom. The summed E-state index contributed by atoms with van der Waals surface area (Å²) in [7, 11) is 0. The molecular weight excluding hydrogens is 257 g/mol. The molecule has 108 valence electrons. The molecule has 3 rings (SSSR count). The molecule has 5 heteroatoms. The summed E-state index contributed by atoms with van der Waals surface area (Å²) in [5.41, 5.74) is 0.539. The molecule has 1 aliphatic heterocycles. The summed E-state index contributed by atoms with van der Waals surface area (Å²) >= 11 is 0. The Labute approximate surface area is 118 Å². The first-order chi connectivity index (χ1) is 9.72. The fraction of sp³-hybridized carbons (Fsp3) is 0.600. The van der Waals surface area contributed by atoms with Gasteiger partial charge in [0.05, 0.1) is 11.9 Å². The van der Waals surface area contributed by atoms with E-state index in [1.165, 1.54) is 50.4 Å². The fourth-order valence-corrected chi connectivity index (χ4v) is 3.23. The van der Waals surface area contributed by atoms with Gasteiger partial charge in [0.2, 0.25) is 5.95 Å². The molecule has 2 aliphatic rings. The van der Waals surface area contributed by atoms with Crippen molar-refractivity contribution in [1.29, 1.82) is 0 Å². The third-order valence-electron chi connectivity index (χ3n) is 4.49. The monoisotopic (exact) mass is 277 g/mol. The molecule has 1 saturated heterocycles. The Hall–Kier alpha value is -1.65. The Kier molecular flexibility index (Phi) is 3.85. The predicted octanol–water partition coefficient (Wildman–Crippen LogP) is 3.26. The highest BCUT2D eigenvalue weighted by molar-refractivity contribution is 5.89. The minimum Gasteiger partial charge on any atom is -0.324 e. The number of hydrogen-bond donors (Lipinski definition) is 1. The Balaban J connectivity index is 1.47. The number of aromatic nitrogens is 1. The van der Waals surface area contributed by atoms with E-state index in [0.717, 1.165) is 19.0 Å². The van der Waals surface area contributed by atoms with Gasteiger partial charge in [-0.3, -0.25) is 0 Å². The SMILES string of the molecule is O=C(Nc1ccc(F)nc1)N1CC(C2CCCCC2)C1. The summed E-state index contributed by atoms with van der Waals surface area (Å²) in [5, 5.41) is 2.75. The maximum Gasteiger partial charge on any atom is 0.321 e. The topological polar surface area (TPSA) is 45.2 Å². The predicted molar refractivity (Wildman–Crippen MR) is 74.9 cm³/mol. The second-order valence-corrected chi connectivity index (χ2v) is 5.86. The quantitative estimate of drug-likeness (QED) is 0.843. The second kappa shape index (κ2) is 5.77. The van der Waals surface area contributed by atoms with E-state index in [4.69, 9.17) is 0 Å². The molecule has 1 aromatic heterocycles. The van der Waals surface area contributed by atoms with E-state index in [2.05, 4.69) is 10.3 Å². The number of carbonyl (C=O) groups excluding carboxylic acids is 1. The summed E-state index contributed by atoms with van der Waals surface area (Å²) in [5.74, 6) is 0.942. The molecule has 2 heterocycles. The molecular formula is C15H20FN3O. The molecule has 1 aromatic rings. The fourth-order valence-electron chi connectivity index (χ4n) is 3.23. The largest absolute Gasteiger partial charge is 0.324 e. The molecule has 0 unspecified atom stereocenters. The number of rotatable bonds is 2. The molecule has 1 saturated carbocycles. The van der Waals surface area contributed by atoms with Crippen molar-refractivity contribution in [3.8, 4) is 0 Å². The molecule has 4 nitrogen and oxygen atoms in total. The van der Waals surface area contributed by atoms with Crippen LogP contribution < -0.4 is 5.32 Å². The smallest absolute Gasteiger partial charge is 0.321 e. The second-order valence-electron chi connectivity index (χ2n) is 5.86. The average Bonchev–Trinajstić information content (AvgIpc) is 2.41. The number of nitrogens with zero attached hydrogens (tertiary/aromatic N) is 2. The molecule has 0 radical (unpaired) electrons. The van der Waals surface area contributed by atoms with Crippen LogP contribution >= 0.6 is 0 Å². The minimum absolute atomic E-state index is 0.106. The summed E-state index contributed by atoms with van der Waals surface area (Å²) in [4.78, 5) is 17.3. The summed E-state index contributed by atoms with van der Waals surface area (Å²) in [6.07, 6.45) is 8.03. The molecule has 0 spiro atoms. The lowest BCUT2D eigenvalue weighted by molar-refractivity contribution is 0.0745. The Morgan fingerprint density at radius 2 is 1.95 bits per heavy atom. The van der Waals surface area contributed by atoms with Crippen molar-refractivity contribution in [2.24, 2.45) is 11.8 Å². The van der Waals surface area contributed by atoms with Crippen LogP contribution in [0.15, 0.2) is 18.3 Å². The molecule has 1 N–H and O–H groups in total. The number of likely N-dealkylation sites (tertiary alicyclic amines) is 1. The van der Waals surface area contributed by atoms with Gasteiger partial charge < -0.3 is 10.2 Å². The zero-order valence-corrected chi connectivity index (χ0v) is 11.5. The van der Waals surface area contributed by atoms with Gasteiger partial charge in [-0.2, -0.15) is 4.39 Å². The molecule has 20 heavy (non-hydrogen) atoms. The van der Waals surface area contributed by atoms with E-state index in [1.807, 2.05) is 4.90 Å². The maximum absolute atomic E-state index is 12.7. The third kappa shape index (κ3) is 2.92.